The first kappa shape index (κ1) is 16.2. The van der Waals surface area contributed by atoms with Gasteiger partial charge in [0.15, 0.2) is 0 Å². The Morgan fingerprint density at radius 3 is 2.71 bits per heavy atom. The molecule has 1 aromatic rings. The molecule has 1 atom stereocenters. The number of rotatable bonds is 2. The lowest BCUT2D eigenvalue weighted by atomic mass is 10.1. The molecule has 21 heavy (non-hydrogen) atoms. The number of carbonyl (C=O) groups is 1. The normalized spacial score (nSPS) is 20.1. The third kappa shape index (κ3) is 3.74. The van der Waals surface area contributed by atoms with Crippen molar-refractivity contribution in [2.75, 3.05) is 6.54 Å². The van der Waals surface area contributed by atoms with Crippen LogP contribution in [0.5, 0.6) is 0 Å². The molecule has 4 nitrogen and oxygen atoms in total. The summed E-state index contributed by atoms with van der Waals surface area (Å²) in [5, 5.41) is 0. The van der Waals surface area contributed by atoms with Gasteiger partial charge in [0.1, 0.15) is 10.7 Å². The van der Waals surface area contributed by atoms with Gasteiger partial charge in [-0.05, 0) is 38.0 Å². The minimum absolute atomic E-state index is 0.0844. The van der Waals surface area contributed by atoms with Gasteiger partial charge in [-0.2, -0.15) is 0 Å². The predicted molar refractivity (Wildman–Crippen MR) is 78.4 cm³/mol. The molecule has 1 aromatic carbocycles. The molecule has 7 heteroatoms. The van der Waals surface area contributed by atoms with Crippen molar-refractivity contribution >= 4 is 25.6 Å². The zero-order valence-electron chi connectivity index (χ0n) is 11.7. The molecular formula is C14H17ClFNO3S. The van der Waals surface area contributed by atoms with Crippen molar-refractivity contribution in [2.24, 2.45) is 0 Å². The largest absolute Gasteiger partial charge is 0.336 e. The van der Waals surface area contributed by atoms with Gasteiger partial charge in [0.05, 0.1) is 0 Å². The topological polar surface area (TPSA) is 54.5 Å². The first-order valence-corrected chi connectivity index (χ1v) is 9.17. The van der Waals surface area contributed by atoms with Crippen LogP contribution in [0.15, 0.2) is 23.1 Å². The molecule has 1 unspecified atom stereocenters. The number of benzene rings is 1. The van der Waals surface area contributed by atoms with Crippen molar-refractivity contribution in [1.82, 2.24) is 4.90 Å². The number of likely N-dealkylation sites (tertiary alicyclic amines) is 1. The van der Waals surface area contributed by atoms with Crippen LogP contribution in [0.25, 0.3) is 0 Å². The van der Waals surface area contributed by atoms with Crippen LogP contribution in [0.3, 0.4) is 0 Å². The van der Waals surface area contributed by atoms with Crippen molar-refractivity contribution in [2.45, 2.75) is 43.5 Å². The molecule has 116 valence electrons. The monoisotopic (exact) mass is 333 g/mol. The molecule has 0 N–H and O–H groups in total. The van der Waals surface area contributed by atoms with Gasteiger partial charge in [-0.1, -0.05) is 12.8 Å². The highest BCUT2D eigenvalue weighted by molar-refractivity contribution is 8.13. The lowest BCUT2D eigenvalue weighted by Crippen LogP contribution is -2.38. The Morgan fingerprint density at radius 2 is 2.05 bits per heavy atom. The first-order chi connectivity index (χ1) is 9.80. The third-order valence-corrected chi connectivity index (χ3v) is 5.09. The van der Waals surface area contributed by atoms with Crippen molar-refractivity contribution in [3.05, 3.63) is 29.6 Å². The molecule has 0 bridgehead atoms. The van der Waals surface area contributed by atoms with Gasteiger partial charge in [0.2, 0.25) is 0 Å². The Balaban J connectivity index is 2.35. The minimum atomic E-state index is -4.21. The Kier molecular flexibility index (Phi) is 4.88. The second-order valence-corrected chi connectivity index (χ2v) is 7.81. The van der Waals surface area contributed by atoms with Crippen molar-refractivity contribution < 1.29 is 17.6 Å². The molecule has 1 amide bonds. The van der Waals surface area contributed by atoms with Gasteiger partial charge in [-0.3, -0.25) is 4.79 Å². The maximum Gasteiger partial charge on any atom is 0.264 e. The minimum Gasteiger partial charge on any atom is -0.336 e. The van der Waals surface area contributed by atoms with Crippen LogP contribution >= 0.6 is 10.7 Å². The van der Waals surface area contributed by atoms with Crippen molar-refractivity contribution in [3.8, 4) is 0 Å². The maximum absolute atomic E-state index is 13.5. The molecule has 1 aliphatic heterocycles. The standard InChI is InChI=1S/C14H17ClFNO3S/c1-10-5-3-2-4-8-17(10)14(18)11-6-7-12(16)13(9-11)21(15,19)20/h6-7,9-10H,2-5,8H2,1H3. The summed E-state index contributed by atoms with van der Waals surface area (Å²) < 4.78 is 36.2. The summed E-state index contributed by atoms with van der Waals surface area (Å²) in [6, 6.07) is 3.35. The van der Waals surface area contributed by atoms with E-state index in [-0.39, 0.29) is 17.5 Å². The van der Waals surface area contributed by atoms with Crippen LogP contribution in [-0.4, -0.2) is 31.8 Å². The number of hydrogen-bond acceptors (Lipinski definition) is 3. The molecular weight excluding hydrogens is 317 g/mol. The average molecular weight is 334 g/mol. The van der Waals surface area contributed by atoms with Gasteiger partial charge in [-0.25, -0.2) is 12.8 Å². The smallest absolute Gasteiger partial charge is 0.264 e. The summed E-state index contributed by atoms with van der Waals surface area (Å²) >= 11 is 0. The van der Waals surface area contributed by atoms with Gasteiger partial charge < -0.3 is 4.90 Å². The van der Waals surface area contributed by atoms with E-state index in [4.69, 9.17) is 10.7 Å². The van der Waals surface area contributed by atoms with Gasteiger partial charge in [0.25, 0.3) is 15.0 Å². The third-order valence-electron chi connectivity index (χ3n) is 3.75. The highest BCUT2D eigenvalue weighted by Crippen LogP contribution is 2.23. The van der Waals surface area contributed by atoms with Gasteiger partial charge in [-0.15, -0.1) is 0 Å². The number of hydrogen-bond donors (Lipinski definition) is 0. The van der Waals surface area contributed by atoms with E-state index in [0.29, 0.717) is 6.54 Å². The number of amides is 1. The molecule has 2 rings (SSSR count). The summed E-state index contributed by atoms with van der Waals surface area (Å²) in [5.74, 6) is -1.24. The lowest BCUT2D eigenvalue weighted by Gasteiger charge is -2.27. The number of halogens is 2. The fourth-order valence-electron chi connectivity index (χ4n) is 2.57. The predicted octanol–water partition coefficient (Wildman–Crippen LogP) is 3.16. The Hall–Kier alpha value is -1.14. The average Bonchev–Trinajstić information content (AvgIpc) is 2.62. The highest BCUT2D eigenvalue weighted by Gasteiger charge is 2.25. The van der Waals surface area contributed by atoms with E-state index < -0.39 is 19.8 Å². The molecule has 0 aliphatic carbocycles. The molecule has 0 aromatic heterocycles. The van der Waals surface area contributed by atoms with E-state index in [9.17, 15) is 17.6 Å². The van der Waals surface area contributed by atoms with Gasteiger partial charge >= 0.3 is 0 Å². The SMILES string of the molecule is CC1CCCCCN1C(=O)c1ccc(F)c(S(=O)(=O)Cl)c1. The summed E-state index contributed by atoms with van der Waals surface area (Å²) in [6.07, 6.45) is 3.96. The summed E-state index contributed by atoms with van der Waals surface area (Å²) in [7, 11) is 0.974. The van der Waals surface area contributed by atoms with Crippen LogP contribution < -0.4 is 0 Å². The van der Waals surface area contributed by atoms with Crippen molar-refractivity contribution in [1.29, 1.82) is 0 Å². The Morgan fingerprint density at radius 1 is 1.33 bits per heavy atom. The maximum atomic E-state index is 13.5. The molecule has 1 fully saturated rings. The van der Waals surface area contributed by atoms with Crippen LogP contribution in [0.4, 0.5) is 4.39 Å². The molecule has 0 radical (unpaired) electrons. The molecule has 1 saturated heterocycles. The summed E-state index contributed by atoms with van der Waals surface area (Å²) in [5.41, 5.74) is 0.143. The molecule has 1 heterocycles. The van der Waals surface area contributed by atoms with E-state index in [1.165, 1.54) is 6.07 Å². The van der Waals surface area contributed by atoms with E-state index >= 15 is 0 Å². The zero-order chi connectivity index (χ0) is 15.6. The second-order valence-electron chi connectivity index (χ2n) is 5.28. The molecule has 0 spiro atoms. The fourth-order valence-corrected chi connectivity index (χ4v) is 3.49. The fraction of sp³-hybridized carbons (Fsp3) is 0.500. The zero-order valence-corrected chi connectivity index (χ0v) is 13.3. The quantitative estimate of drug-likeness (QED) is 0.781. The van der Waals surface area contributed by atoms with Crippen LogP contribution in [0.2, 0.25) is 0 Å². The highest BCUT2D eigenvalue weighted by atomic mass is 35.7. The molecule has 0 saturated carbocycles. The first-order valence-electron chi connectivity index (χ1n) is 6.86. The Labute approximate surface area is 128 Å². The molecule has 1 aliphatic rings. The number of nitrogens with zero attached hydrogens (tertiary/aromatic N) is 1. The van der Waals surface area contributed by atoms with Crippen LogP contribution in [0, 0.1) is 5.82 Å². The van der Waals surface area contributed by atoms with E-state index in [1.807, 2.05) is 6.92 Å². The van der Waals surface area contributed by atoms with E-state index in [0.717, 1.165) is 37.8 Å². The summed E-state index contributed by atoms with van der Waals surface area (Å²) in [4.78, 5) is 13.6. The van der Waals surface area contributed by atoms with Crippen LogP contribution in [-0.2, 0) is 9.05 Å². The van der Waals surface area contributed by atoms with Crippen molar-refractivity contribution in [3.63, 3.8) is 0 Å². The van der Waals surface area contributed by atoms with E-state index in [1.54, 1.807) is 4.90 Å². The van der Waals surface area contributed by atoms with Crippen LogP contribution in [0.1, 0.15) is 43.0 Å². The lowest BCUT2D eigenvalue weighted by molar-refractivity contribution is 0.0697. The number of carbonyl (C=O) groups excluding carboxylic acids is 1. The van der Waals surface area contributed by atoms with E-state index in [2.05, 4.69) is 0 Å². The Bertz CT molecular complexity index is 648. The summed E-state index contributed by atoms with van der Waals surface area (Å²) in [6.45, 7) is 2.59. The second kappa shape index (κ2) is 6.32. The van der Waals surface area contributed by atoms with Gasteiger partial charge in [0, 0.05) is 28.8 Å².